The van der Waals surface area contributed by atoms with Crippen molar-refractivity contribution in [2.75, 3.05) is 11.6 Å². The number of aryl methyl sites for hydroxylation is 1. The molecule has 94 valence electrons. The van der Waals surface area contributed by atoms with Crippen molar-refractivity contribution in [3.63, 3.8) is 0 Å². The van der Waals surface area contributed by atoms with Crippen LogP contribution in [-0.4, -0.2) is 6.26 Å². The lowest BCUT2D eigenvalue weighted by atomic mass is 9.94. The predicted molar refractivity (Wildman–Crippen MR) is 81.8 cm³/mol. The van der Waals surface area contributed by atoms with Crippen LogP contribution < -0.4 is 5.32 Å². The molecular weight excluding hydrogens is 258 g/mol. The van der Waals surface area contributed by atoms with E-state index in [0.29, 0.717) is 6.04 Å². The number of anilines is 1. The molecule has 2 aromatic rings. The summed E-state index contributed by atoms with van der Waals surface area (Å²) in [7, 11) is 0. The summed E-state index contributed by atoms with van der Waals surface area (Å²) in [6.07, 6.45) is 5.94. The van der Waals surface area contributed by atoms with Gasteiger partial charge in [-0.05, 0) is 54.7 Å². The Balaban J connectivity index is 1.86. The SMILES string of the molecule is CSc1ccccc1NC1CCCc2sccc21. The van der Waals surface area contributed by atoms with Crippen molar-refractivity contribution in [2.45, 2.75) is 30.2 Å². The average molecular weight is 275 g/mol. The Hall–Kier alpha value is -0.930. The van der Waals surface area contributed by atoms with E-state index in [1.807, 2.05) is 23.1 Å². The Morgan fingerprint density at radius 2 is 2.17 bits per heavy atom. The molecule has 3 rings (SSSR count). The fourth-order valence-electron chi connectivity index (χ4n) is 2.59. The molecule has 0 saturated heterocycles. The van der Waals surface area contributed by atoms with Crippen molar-refractivity contribution in [3.05, 3.63) is 46.2 Å². The van der Waals surface area contributed by atoms with E-state index in [0.717, 1.165) is 0 Å². The first kappa shape index (κ1) is 12.1. The average Bonchev–Trinajstić information content (AvgIpc) is 2.89. The van der Waals surface area contributed by atoms with E-state index in [-0.39, 0.29) is 0 Å². The second-order valence-electron chi connectivity index (χ2n) is 4.59. The molecule has 0 spiro atoms. The van der Waals surface area contributed by atoms with Crippen LogP contribution in [0.2, 0.25) is 0 Å². The third-order valence-electron chi connectivity index (χ3n) is 3.49. The van der Waals surface area contributed by atoms with Crippen LogP contribution in [0.5, 0.6) is 0 Å². The minimum absolute atomic E-state index is 0.494. The Kier molecular flexibility index (Phi) is 3.62. The largest absolute Gasteiger partial charge is 0.377 e. The molecule has 1 heterocycles. The number of benzene rings is 1. The van der Waals surface area contributed by atoms with Crippen molar-refractivity contribution in [3.8, 4) is 0 Å². The minimum Gasteiger partial charge on any atom is -0.377 e. The molecular formula is C15H17NS2. The van der Waals surface area contributed by atoms with Crippen LogP contribution >= 0.6 is 23.1 Å². The van der Waals surface area contributed by atoms with Gasteiger partial charge in [0.15, 0.2) is 0 Å². The number of hydrogen-bond donors (Lipinski definition) is 1. The van der Waals surface area contributed by atoms with Crippen LogP contribution in [0.15, 0.2) is 40.6 Å². The number of fused-ring (bicyclic) bond motifs is 1. The zero-order valence-corrected chi connectivity index (χ0v) is 12.1. The van der Waals surface area contributed by atoms with Crippen LogP contribution in [0.25, 0.3) is 0 Å². The van der Waals surface area contributed by atoms with Crippen molar-refractivity contribution in [1.29, 1.82) is 0 Å². The molecule has 1 aliphatic rings. The highest BCUT2D eigenvalue weighted by Crippen LogP contribution is 2.37. The predicted octanol–water partition coefficient (Wildman–Crippen LogP) is 4.96. The van der Waals surface area contributed by atoms with Crippen LogP contribution in [0.4, 0.5) is 5.69 Å². The first-order chi connectivity index (χ1) is 8.88. The number of rotatable bonds is 3. The van der Waals surface area contributed by atoms with Crippen molar-refractivity contribution >= 4 is 28.8 Å². The number of para-hydroxylation sites is 1. The van der Waals surface area contributed by atoms with E-state index in [1.54, 1.807) is 4.88 Å². The fourth-order valence-corrected chi connectivity index (χ4v) is 4.14. The van der Waals surface area contributed by atoms with Crippen molar-refractivity contribution < 1.29 is 0 Å². The Morgan fingerprint density at radius 1 is 1.28 bits per heavy atom. The van der Waals surface area contributed by atoms with Crippen LogP contribution in [-0.2, 0) is 6.42 Å². The number of nitrogens with one attached hydrogen (secondary N) is 1. The summed E-state index contributed by atoms with van der Waals surface area (Å²) in [5.41, 5.74) is 2.79. The normalized spacial score (nSPS) is 18.4. The number of thiophene rings is 1. The monoisotopic (exact) mass is 275 g/mol. The van der Waals surface area contributed by atoms with E-state index < -0.39 is 0 Å². The summed E-state index contributed by atoms with van der Waals surface area (Å²) in [5.74, 6) is 0. The lowest BCUT2D eigenvalue weighted by Crippen LogP contribution is -2.15. The number of hydrogen-bond acceptors (Lipinski definition) is 3. The maximum absolute atomic E-state index is 3.73. The maximum atomic E-state index is 3.73. The molecule has 0 fully saturated rings. The third-order valence-corrected chi connectivity index (χ3v) is 5.28. The zero-order valence-electron chi connectivity index (χ0n) is 10.5. The van der Waals surface area contributed by atoms with Gasteiger partial charge in [0.25, 0.3) is 0 Å². The highest BCUT2D eigenvalue weighted by atomic mass is 32.2. The second-order valence-corrected chi connectivity index (χ2v) is 6.44. The Morgan fingerprint density at radius 3 is 3.06 bits per heavy atom. The smallest absolute Gasteiger partial charge is 0.0525 e. The number of thioether (sulfide) groups is 1. The molecule has 0 saturated carbocycles. The molecule has 1 aromatic carbocycles. The molecule has 1 aliphatic carbocycles. The summed E-state index contributed by atoms with van der Waals surface area (Å²) < 4.78 is 0. The molecule has 3 heteroatoms. The van der Waals surface area contributed by atoms with Gasteiger partial charge in [0.1, 0.15) is 0 Å². The van der Waals surface area contributed by atoms with Gasteiger partial charge in [-0.25, -0.2) is 0 Å². The van der Waals surface area contributed by atoms with E-state index in [9.17, 15) is 0 Å². The van der Waals surface area contributed by atoms with Gasteiger partial charge in [-0.2, -0.15) is 0 Å². The fraction of sp³-hybridized carbons (Fsp3) is 0.333. The lowest BCUT2D eigenvalue weighted by Gasteiger charge is -2.25. The summed E-state index contributed by atoms with van der Waals surface area (Å²) in [4.78, 5) is 2.90. The molecule has 0 amide bonds. The second kappa shape index (κ2) is 5.37. The molecule has 0 bridgehead atoms. The zero-order chi connectivity index (χ0) is 12.4. The van der Waals surface area contributed by atoms with Gasteiger partial charge in [-0.15, -0.1) is 23.1 Å². The molecule has 1 unspecified atom stereocenters. The van der Waals surface area contributed by atoms with Gasteiger partial charge >= 0.3 is 0 Å². The Labute approximate surface area is 117 Å². The summed E-state index contributed by atoms with van der Waals surface area (Å²) in [5, 5.41) is 5.96. The molecule has 1 atom stereocenters. The van der Waals surface area contributed by atoms with Gasteiger partial charge in [-0.1, -0.05) is 12.1 Å². The molecule has 0 aliphatic heterocycles. The first-order valence-corrected chi connectivity index (χ1v) is 8.45. The van der Waals surface area contributed by atoms with Gasteiger partial charge in [0.2, 0.25) is 0 Å². The summed E-state index contributed by atoms with van der Waals surface area (Å²) >= 11 is 3.71. The van der Waals surface area contributed by atoms with Crippen molar-refractivity contribution in [1.82, 2.24) is 0 Å². The molecule has 1 N–H and O–H groups in total. The van der Waals surface area contributed by atoms with Gasteiger partial charge < -0.3 is 5.32 Å². The molecule has 1 aromatic heterocycles. The third kappa shape index (κ3) is 2.29. The van der Waals surface area contributed by atoms with Crippen LogP contribution in [0, 0.1) is 0 Å². The summed E-state index contributed by atoms with van der Waals surface area (Å²) in [6.45, 7) is 0. The van der Waals surface area contributed by atoms with Crippen molar-refractivity contribution in [2.24, 2.45) is 0 Å². The van der Waals surface area contributed by atoms with Gasteiger partial charge in [0, 0.05) is 15.5 Å². The minimum atomic E-state index is 0.494. The molecule has 18 heavy (non-hydrogen) atoms. The lowest BCUT2D eigenvalue weighted by molar-refractivity contribution is 0.608. The van der Waals surface area contributed by atoms with E-state index >= 15 is 0 Å². The highest BCUT2D eigenvalue weighted by Gasteiger charge is 2.21. The maximum Gasteiger partial charge on any atom is 0.0525 e. The van der Waals surface area contributed by atoms with E-state index in [2.05, 4.69) is 47.3 Å². The van der Waals surface area contributed by atoms with E-state index in [4.69, 9.17) is 0 Å². The van der Waals surface area contributed by atoms with Crippen LogP contribution in [0.1, 0.15) is 29.3 Å². The topological polar surface area (TPSA) is 12.0 Å². The Bertz CT molecular complexity index is 533. The molecule has 0 radical (unpaired) electrons. The highest BCUT2D eigenvalue weighted by molar-refractivity contribution is 7.98. The van der Waals surface area contributed by atoms with Gasteiger partial charge in [0.05, 0.1) is 6.04 Å². The van der Waals surface area contributed by atoms with Gasteiger partial charge in [-0.3, -0.25) is 0 Å². The quantitative estimate of drug-likeness (QED) is 0.795. The molecule has 1 nitrogen and oxygen atoms in total. The standard InChI is InChI=1S/C15H17NS2/c1-17-15-7-3-2-5-13(15)16-12-6-4-8-14-11(12)9-10-18-14/h2-3,5,7,9-10,12,16H,4,6,8H2,1H3. The van der Waals surface area contributed by atoms with Crippen LogP contribution in [0.3, 0.4) is 0 Å². The first-order valence-electron chi connectivity index (χ1n) is 6.34. The summed E-state index contributed by atoms with van der Waals surface area (Å²) in [6, 6.07) is 11.4. The van der Waals surface area contributed by atoms with E-state index in [1.165, 1.54) is 35.4 Å².